The fourth-order valence-corrected chi connectivity index (χ4v) is 3.30. The molecule has 146 valence electrons. The van der Waals surface area contributed by atoms with E-state index in [9.17, 15) is 10.1 Å². The van der Waals surface area contributed by atoms with Crippen molar-refractivity contribution in [2.24, 2.45) is 0 Å². The molecular formula is C20H18N6O3. The third-order valence-corrected chi connectivity index (χ3v) is 4.62. The van der Waals surface area contributed by atoms with E-state index in [1.54, 1.807) is 43.7 Å². The van der Waals surface area contributed by atoms with Gasteiger partial charge in [0.1, 0.15) is 11.8 Å². The number of imidazole rings is 1. The predicted molar refractivity (Wildman–Crippen MR) is 105 cm³/mol. The lowest BCUT2D eigenvalue weighted by Crippen LogP contribution is -2.14. The summed E-state index contributed by atoms with van der Waals surface area (Å²) in [6.45, 7) is 5.28. The standard InChI is InChI=1S/C20H18N6O3/c1-10-7-14(11(2)26(10)19-17(9-21)22-12(3)29-19)18(27)25-20-23-15-6-5-13(28-4)8-16(15)24-20/h5-8H,1-4H3,(H2,23,24,25,27). The van der Waals surface area contributed by atoms with Gasteiger partial charge in [-0.15, -0.1) is 0 Å². The van der Waals surface area contributed by atoms with Crippen molar-refractivity contribution >= 4 is 22.9 Å². The van der Waals surface area contributed by atoms with Crippen molar-refractivity contribution in [2.75, 3.05) is 12.4 Å². The Bertz CT molecular complexity index is 1290. The molecule has 0 saturated heterocycles. The second-order valence-corrected chi connectivity index (χ2v) is 6.54. The molecule has 0 bridgehead atoms. The van der Waals surface area contributed by atoms with E-state index in [2.05, 4.69) is 20.3 Å². The van der Waals surface area contributed by atoms with E-state index in [0.717, 1.165) is 11.2 Å². The Morgan fingerprint density at radius 2 is 2.07 bits per heavy atom. The van der Waals surface area contributed by atoms with Gasteiger partial charge < -0.3 is 14.1 Å². The Labute approximate surface area is 165 Å². The summed E-state index contributed by atoms with van der Waals surface area (Å²) in [7, 11) is 1.59. The molecule has 0 unspecified atom stereocenters. The number of amides is 1. The maximum atomic E-state index is 12.9. The molecule has 9 nitrogen and oxygen atoms in total. The molecule has 0 aliphatic carbocycles. The van der Waals surface area contributed by atoms with Crippen LogP contribution in [0.5, 0.6) is 5.75 Å². The van der Waals surface area contributed by atoms with Crippen molar-refractivity contribution in [3.8, 4) is 17.7 Å². The van der Waals surface area contributed by atoms with Gasteiger partial charge in [0.2, 0.25) is 17.5 Å². The Morgan fingerprint density at radius 3 is 2.79 bits per heavy atom. The van der Waals surface area contributed by atoms with Crippen molar-refractivity contribution in [1.82, 2.24) is 19.5 Å². The topological polar surface area (TPSA) is 122 Å². The van der Waals surface area contributed by atoms with E-state index in [1.807, 2.05) is 19.1 Å². The van der Waals surface area contributed by atoms with Gasteiger partial charge in [0.15, 0.2) is 5.89 Å². The number of aryl methyl sites for hydroxylation is 2. The van der Waals surface area contributed by atoms with Gasteiger partial charge in [0, 0.05) is 24.4 Å². The molecule has 3 heterocycles. The molecule has 0 fully saturated rings. The Balaban J connectivity index is 1.67. The zero-order valence-corrected chi connectivity index (χ0v) is 16.3. The first-order valence-corrected chi connectivity index (χ1v) is 8.83. The lowest BCUT2D eigenvalue weighted by molar-refractivity contribution is 0.102. The summed E-state index contributed by atoms with van der Waals surface area (Å²) in [6, 6.07) is 9.16. The summed E-state index contributed by atoms with van der Waals surface area (Å²) in [4.78, 5) is 24.4. The zero-order valence-electron chi connectivity index (χ0n) is 16.3. The van der Waals surface area contributed by atoms with E-state index in [4.69, 9.17) is 9.15 Å². The van der Waals surface area contributed by atoms with E-state index in [1.165, 1.54) is 0 Å². The highest BCUT2D eigenvalue weighted by Crippen LogP contribution is 2.25. The van der Waals surface area contributed by atoms with Gasteiger partial charge in [-0.3, -0.25) is 14.7 Å². The number of carbonyl (C=O) groups excluding carboxylic acids is 1. The highest BCUT2D eigenvalue weighted by atomic mass is 16.5. The van der Waals surface area contributed by atoms with Crippen LogP contribution in [0, 0.1) is 32.1 Å². The van der Waals surface area contributed by atoms with Gasteiger partial charge in [0.05, 0.1) is 23.7 Å². The van der Waals surface area contributed by atoms with Crippen LogP contribution in [0.3, 0.4) is 0 Å². The molecule has 0 aliphatic heterocycles. The molecule has 0 atom stereocenters. The maximum absolute atomic E-state index is 12.9. The fraction of sp³-hybridized carbons (Fsp3) is 0.200. The van der Waals surface area contributed by atoms with Crippen LogP contribution in [-0.2, 0) is 0 Å². The van der Waals surface area contributed by atoms with Gasteiger partial charge in [0.25, 0.3) is 5.91 Å². The Morgan fingerprint density at radius 1 is 1.28 bits per heavy atom. The maximum Gasteiger partial charge on any atom is 0.259 e. The number of nitriles is 1. The summed E-state index contributed by atoms with van der Waals surface area (Å²) in [5.41, 5.74) is 3.45. The van der Waals surface area contributed by atoms with Gasteiger partial charge in [-0.05, 0) is 32.0 Å². The van der Waals surface area contributed by atoms with Gasteiger partial charge in [-0.25, -0.2) is 9.97 Å². The molecule has 4 rings (SSSR count). The third kappa shape index (κ3) is 3.10. The Kier molecular flexibility index (Phi) is 4.31. The lowest BCUT2D eigenvalue weighted by atomic mass is 10.2. The summed E-state index contributed by atoms with van der Waals surface area (Å²) in [6.07, 6.45) is 0. The minimum absolute atomic E-state index is 0.169. The average Bonchev–Trinajstić information content (AvgIpc) is 3.35. The number of benzene rings is 1. The van der Waals surface area contributed by atoms with Crippen LogP contribution < -0.4 is 10.1 Å². The molecule has 3 aromatic heterocycles. The average molecular weight is 390 g/mol. The highest BCUT2D eigenvalue weighted by Gasteiger charge is 2.22. The van der Waals surface area contributed by atoms with E-state index in [-0.39, 0.29) is 11.6 Å². The number of nitrogens with zero attached hydrogens (tertiary/aromatic N) is 4. The number of ether oxygens (including phenoxy) is 1. The first-order valence-electron chi connectivity index (χ1n) is 8.83. The number of nitrogens with one attached hydrogen (secondary N) is 2. The van der Waals surface area contributed by atoms with Crippen LogP contribution in [0.4, 0.5) is 5.95 Å². The van der Waals surface area contributed by atoms with Gasteiger partial charge >= 0.3 is 0 Å². The quantitative estimate of drug-likeness (QED) is 0.551. The number of aromatic nitrogens is 4. The number of hydrogen-bond acceptors (Lipinski definition) is 6. The number of methoxy groups -OCH3 is 1. The zero-order chi connectivity index (χ0) is 20.7. The van der Waals surface area contributed by atoms with Crippen LogP contribution in [0.15, 0.2) is 28.7 Å². The second kappa shape index (κ2) is 6.83. The Hall–Kier alpha value is -4.06. The lowest BCUT2D eigenvalue weighted by Gasteiger charge is -2.06. The number of fused-ring (bicyclic) bond motifs is 1. The summed E-state index contributed by atoms with van der Waals surface area (Å²) < 4.78 is 12.5. The smallest absolute Gasteiger partial charge is 0.259 e. The molecule has 0 radical (unpaired) electrons. The molecule has 0 saturated carbocycles. The third-order valence-electron chi connectivity index (χ3n) is 4.62. The van der Waals surface area contributed by atoms with E-state index >= 15 is 0 Å². The summed E-state index contributed by atoms with van der Waals surface area (Å²) in [5, 5.41) is 12.1. The number of hydrogen-bond donors (Lipinski definition) is 2. The number of carbonyl (C=O) groups is 1. The molecule has 2 N–H and O–H groups in total. The number of oxazole rings is 1. The molecule has 0 aliphatic rings. The molecule has 29 heavy (non-hydrogen) atoms. The molecule has 1 amide bonds. The summed E-state index contributed by atoms with van der Waals surface area (Å²) in [5.74, 6) is 1.38. The predicted octanol–water partition coefficient (Wildman–Crippen LogP) is 3.40. The second-order valence-electron chi connectivity index (χ2n) is 6.54. The van der Waals surface area contributed by atoms with Crippen LogP contribution in [0.25, 0.3) is 16.9 Å². The molecule has 0 spiro atoms. The summed E-state index contributed by atoms with van der Waals surface area (Å²) >= 11 is 0. The number of anilines is 1. The van der Waals surface area contributed by atoms with Crippen molar-refractivity contribution in [1.29, 1.82) is 5.26 Å². The first-order chi connectivity index (χ1) is 13.9. The monoisotopic (exact) mass is 390 g/mol. The SMILES string of the molecule is COc1ccc2nc(NC(=O)c3cc(C)n(-c4oc(C)nc4C#N)c3C)[nH]c2c1. The molecule has 9 heteroatoms. The largest absolute Gasteiger partial charge is 0.497 e. The van der Waals surface area contributed by atoms with Crippen molar-refractivity contribution in [2.45, 2.75) is 20.8 Å². The highest BCUT2D eigenvalue weighted by molar-refractivity contribution is 6.05. The van der Waals surface area contributed by atoms with Crippen molar-refractivity contribution in [3.63, 3.8) is 0 Å². The molecular weight excluding hydrogens is 372 g/mol. The van der Waals surface area contributed by atoms with E-state index in [0.29, 0.717) is 40.2 Å². The van der Waals surface area contributed by atoms with Crippen LogP contribution >= 0.6 is 0 Å². The van der Waals surface area contributed by atoms with Crippen LogP contribution in [-0.4, -0.2) is 32.5 Å². The number of rotatable bonds is 4. The number of aromatic amines is 1. The van der Waals surface area contributed by atoms with Crippen molar-refractivity contribution in [3.05, 3.63) is 52.8 Å². The minimum atomic E-state index is -0.329. The minimum Gasteiger partial charge on any atom is -0.497 e. The molecule has 1 aromatic carbocycles. The number of H-pyrrole nitrogens is 1. The van der Waals surface area contributed by atoms with E-state index < -0.39 is 0 Å². The van der Waals surface area contributed by atoms with Crippen LogP contribution in [0.2, 0.25) is 0 Å². The molecule has 4 aromatic rings. The van der Waals surface area contributed by atoms with Gasteiger partial charge in [-0.2, -0.15) is 5.26 Å². The normalized spacial score (nSPS) is 10.9. The van der Waals surface area contributed by atoms with Gasteiger partial charge in [-0.1, -0.05) is 0 Å². The van der Waals surface area contributed by atoms with Crippen molar-refractivity contribution < 1.29 is 13.9 Å². The first kappa shape index (κ1) is 18.3. The fourth-order valence-electron chi connectivity index (χ4n) is 3.30. The van der Waals surface area contributed by atoms with Crippen LogP contribution in [0.1, 0.15) is 33.3 Å².